The van der Waals surface area contributed by atoms with E-state index in [2.05, 4.69) is 0 Å². The van der Waals surface area contributed by atoms with Crippen molar-refractivity contribution in [1.29, 1.82) is 0 Å². The lowest BCUT2D eigenvalue weighted by Gasteiger charge is -2.13. The molecule has 2 aromatic heterocycles. The van der Waals surface area contributed by atoms with Crippen LogP contribution in [0.2, 0.25) is 4.34 Å². The van der Waals surface area contributed by atoms with Crippen LogP contribution in [0.1, 0.15) is 38.3 Å². The lowest BCUT2D eigenvalue weighted by atomic mass is 10.1. The normalized spacial score (nSPS) is 12.0. The van der Waals surface area contributed by atoms with Crippen molar-refractivity contribution in [1.82, 2.24) is 4.57 Å². The van der Waals surface area contributed by atoms with Crippen LogP contribution in [0.25, 0.3) is 5.69 Å². The Morgan fingerprint density at radius 1 is 1.12 bits per heavy atom. The maximum absolute atomic E-state index is 12.8. The zero-order chi connectivity index (χ0) is 18.8. The molecule has 0 aliphatic rings. The summed E-state index contributed by atoms with van der Waals surface area (Å²) in [5, 5.41) is 0. The quantitative estimate of drug-likeness (QED) is 0.444. The molecular formula is C20H18ClNO3S. The number of aryl methyl sites for hydroxylation is 1. The number of ketones is 1. The summed E-state index contributed by atoms with van der Waals surface area (Å²) in [6.07, 6.45) is -0.881. The minimum atomic E-state index is -0.881. The fourth-order valence-electron chi connectivity index (χ4n) is 2.90. The highest BCUT2D eigenvalue weighted by Gasteiger charge is 2.25. The Balaban J connectivity index is 1.83. The first kappa shape index (κ1) is 18.4. The summed E-state index contributed by atoms with van der Waals surface area (Å²) < 4.78 is 7.85. The minimum absolute atomic E-state index is 0.226. The maximum atomic E-state index is 12.8. The summed E-state index contributed by atoms with van der Waals surface area (Å²) in [6, 6.07) is 14.9. The van der Waals surface area contributed by atoms with Gasteiger partial charge in [0.1, 0.15) is 4.88 Å². The van der Waals surface area contributed by atoms with E-state index in [-0.39, 0.29) is 5.78 Å². The number of aromatic nitrogens is 1. The Hall–Kier alpha value is -2.37. The van der Waals surface area contributed by atoms with Gasteiger partial charge in [0.15, 0.2) is 6.10 Å². The molecule has 3 aromatic rings. The molecule has 3 rings (SSSR count). The van der Waals surface area contributed by atoms with Crippen LogP contribution >= 0.6 is 22.9 Å². The summed E-state index contributed by atoms with van der Waals surface area (Å²) in [6.45, 7) is 5.42. The molecule has 0 aliphatic carbocycles. The van der Waals surface area contributed by atoms with Crippen LogP contribution in [0.4, 0.5) is 0 Å². The van der Waals surface area contributed by atoms with E-state index in [1.54, 1.807) is 19.1 Å². The number of esters is 1. The van der Waals surface area contributed by atoms with Gasteiger partial charge in [0.25, 0.3) is 0 Å². The molecule has 26 heavy (non-hydrogen) atoms. The lowest BCUT2D eigenvalue weighted by molar-refractivity contribution is 0.0323. The molecule has 4 nitrogen and oxygen atoms in total. The Kier molecular flexibility index (Phi) is 5.30. The molecular weight excluding hydrogens is 370 g/mol. The fraction of sp³-hybridized carbons (Fsp3) is 0.200. The number of Topliss-reactive ketones (excluding diaryl/α,β-unsaturated/α-hetero) is 1. The smallest absolute Gasteiger partial charge is 0.349 e. The van der Waals surface area contributed by atoms with Gasteiger partial charge in [-0.25, -0.2) is 4.79 Å². The Bertz CT molecular complexity index is 959. The zero-order valence-corrected chi connectivity index (χ0v) is 16.2. The van der Waals surface area contributed by atoms with Crippen LogP contribution in [-0.2, 0) is 4.74 Å². The van der Waals surface area contributed by atoms with Gasteiger partial charge in [-0.2, -0.15) is 0 Å². The summed E-state index contributed by atoms with van der Waals surface area (Å²) in [7, 11) is 0. The first-order valence-electron chi connectivity index (χ1n) is 8.13. The van der Waals surface area contributed by atoms with Crippen LogP contribution < -0.4 is 0 Å². The van der Waals surface area contributed by atoms with Gasteiger partial charge in [0.05, 0.1) is 4.34 Å². The second-order valence-corrected chi connectivity index (χ2v) is 7.69. The van der Waals surface area contributed by atoms with E-state index in [0.29, 0.717) is 14.8 Å². The molecule has 0 radical (unpaired) electrons. The third-order valence-corrected chi connectivity index (χ3v) is 5.35. The van der Waals surface area contributed by atoms with Gasteiger partial charge in [-0.05, 0) is 51.1 Å². The number of para-hydroxylation sites is 1. The number of nitrogens with zero attached hydrogens (tertiary/aromatic N) is 1. The molecule has 0 fully saturated rings. The number of thiophene rings is 1. The van der Waals surface area contributed by atoms with Gasteiger partial charge in [0, 0.05) is 22.6 Å². The Morgan fingerprint density at radius 2 is 1.81 bits per heavy atom. The molecule has 0 bridgehead atoms. The van der Waals surface area contributed by atoms with Gasteiger partial charge >= 0.3 is 5.97 Å². The van der Waals surface area contributed by atoms with Crippen LogP contribution in [-0.4, -0.2) is 22.4 Å². The summed E-state index contributed by atoms with van der Waals surface area (Å²) in [5.41, 5.74) is 3.30. The number of rotatable bonds is 5. The van der Waals surface area contributed by atoms with Crippen LogP contribution in [0.15, 0.2) is 48.5 Å². The molecule has 1 aromatic carbocycles. The van der Waals surface area contributed by atoms with Crippen LogP contribution in [0.5, 0.6) is 0 Å². The first-order valence-corrected chi connectivity index (χ1v) is 9.33. The summed E-state index contributed by atoms with van der Waals surface area (Å²) in [5.74, 6) is -0.768. The highest BCUT2D eigenvalue weighted by molar-refractivity contribution is 7.17. The number of ether oxygens (including phenoxy) is 1. The van der Waals surface area contributed by atoms with Crippen molar-refractivity contribution in [3.8, 4) is 5.69 Å². The van der Waals surface area contributed by atoms with Gasteiger partial charge in [-0.15, -0.1) is 11.3 Å². The van der Waals surface area contributed by atoms with Crippen molar-refractivity contribution >= 4 is 34.7 Å². The fourth-order valence-corrected chi connectivity index (χ4v) is 3.83. The second kappa shape index (κ2) is 7.48. The number of hydrogen-bond donors (Lipinski definition) is 0. The van der Waals surface area contributed by atoms with E-state index in [9.17, 15) is 9.59 Å². The van der Waals surface area contributed by atoms with E-state index >= 15 is 0 Å². The molecule has 2 heterocycles. The van der Waals surface area contributed by atoms with Crippen LogP contribution in [0, 0.1) is 13.8 Å². The van der Waals surface area contributed by atoms with Crippen molar-refractivity contribution in [3.63, 3.8) is 0 Å². The minimum Gasteiger partial charge on any atom is -0.450 e. The van der Waals surface area contributed by atoms with Gasteiger partial charge < -0.3 is 9.30 Å². The van der Waals surface area contributed by atoms with Crippen molar-refractivity contribution in [2.75, 3.05) is 0 Å². The lowest BCUT2D eigenvalue weighted by Crippen LogP contribution is -2.24. The molecule has 0 aliphatic heterocycles. The Labute approximate surface area is 161 Å². The molecule has 0 spiro atoms. The standard InChI is InChI=1S/C20H18ClNO3S/c1-12-11-16(13(2)22(12)15-7-5-4-6-8-15)19(23)14(3)25-20(24)17-9-10-18(21)26-17/h4-11,14H,1-3H3/t14-/m0/s1. The second-order valence-electron chi connectivity index (χ2n) is 5.97. The van der Waals surface area contributed by atoms with E-state index in [4.69, 9.17) is 16.3 Å². The molecule has 0 saturated heterocycles. The van der Waals surface area contributed by atoms with Crippen molar-refractivity contribution in [3.05, 3.63) is 74.7 Å². The molecule has 1 atom stereocenters. The van der Waals surface area contributed by atoms with E-state index in [0.717, 1.165) is 28.4 Å². The third kappa shape index (κ3) is 3.59. The number of carbonyl (C=O) groups is 2. The van der Waals surface area contributed by atoms with Gasteiger partial charge in [-0.1, -0.05) is 29.8 Å². The van der Waals surface area contributed by atoms with E-state index in [1.807, 2.05) is 54.8 Å². The number of benzene rings is 1. The number of hydrogen-bond acceptors (Lipinski definition) is 4. The predicted octanol–water partition coefficient (Wildman–Crippen LogP) is 5.24. The van der Waals surface area contributed by atoms with Crippen molar-refractivity contribution in [2.24, 2.45) is 0 Å². The molecule has 0 N–H and O–H groups in total. The van der Waals surface area contributed by atoms with Gasteiger partial charge in [-0.3, -0.25) is 4.79 Å². The summed E-state index contributed by atoms with van der Waals surface area (Å²) >= 11 is 6.97. The molecule has 0 unspecified atom stereocenters. The maximum Gasteiger partial charge on any atom is 0.349 e. The molecule has 0 amide bonds. The van der Waals surface area contributed by atoms with E-state index in [1.165, 1.54) is 0 Å². The third-order valence-electron chi connectivity index (χ3n) is 4.14. The average molecular weight is 388 g/mol. The van der Waals surface area contributed by atoms with Crippen molar-refractivity contribution < 1.29 is 14.3 Å². The highest BCUT2D eigenvalue weighted by atomic mass is 35.5. The number of halogens is 1. The van der Waals surface area contributed by atoms with Crippen molar-refractivity contribution in [2.45, 2.75) is 26.9 Å². The monoisotopic (exact) mass is 387 g/mol. The highest BCUT2D eigenvalue weighted by Crippen LogP contribution is 2.25. The topological polar surface area (TPSA) is 48.3 Å². The molecule has 6 heteroatoms. The first-order chi connectivity index (χ1) is 12.4. The Morgan fingerprint density at radius 3 is 2.42 bits per heavy atom. The largest absolute Gasteiger partial charge is 0.450 e. The zero-order valence-electron chi connectivity index (χ0n) is 14.7. The predicted molar refractivity (Wildman–Crippen MR) is 104 cm³/mol. The van der Waals surface area contributed by atoms with Crippen LogP contribution in [0.3, 0.4) is 0 Å². The SMILES string of the molecule is Cc1cc(C(=O)[C@H](C)OC(=O)c2ccc(Cl)s2)c(C)n1-c1ccccc1. The van der Waals surface area contributed by atoms with Gasteiger partial charge in [0.2, 0.25) is 5.78 Å². The average Bonchev–Trinajstić information content (AvgIpc) is 3.18. The molecule has 134 valence electrons. The molecule has 0 saturated carbocycles. The summed E-state index contributed by atoms with van der Waals surface area (Å²) in [4.78, 5) is 25.4. The van der Waals surface area contributed by atoms with E-state index < -0.39 is 12.1 Å². The number of carbonyl (C=O) groups excluding carboxylic acids is 2.